The third kappa shape index (κ3) is 3.43. The molecular weight excluding hydrogens is 222 g/mol. The highest BCUT2D eigenvalue weighted by atomic mass is 16.5. The number of carbonyl (C=O) groups is 2. The largest absolute Gasteiger partial charge is 0.480 e. The van der Waals surface area contributed by atoms with Crippen molar-refractivity contribution in [2.75, 3.05) is 13.2 Å². The minimum atomic E-state index is -1.38. The first-order valence-corrected chi connectivity index (χ1v) is 5.98. The Morgan fingerprint density at radius 1 is 1.35 bits per heavy atom. The van der Waals surface area contributed by atoms with Crippen LogP contribution in [0.3, 0.4) is 0 Å². The third-order valence-corrected chi connectivity index (χ3v) is 3.43. The summed E-state index contributed by atoms with van der Waals surface area (Å²) in [5.41, 5.74) is -1.38. The molecule has 0 bridgehead atoms. The molecule has 0 aromatic heterocycles. The summed E-state index contributed by atoms with van der Waals surface area (Å²) in [5.74, 6) is -1.16. The zero-order chi connectivity index (χ0) is 13.1. The number of ether oxygens (including phenoxy) is 1. The van der Waals surface area contributed by atoms with E-state index in [1.807, 2.05) is 6.92 Å². The molecule has 1 atom stereocenters. The van der Waals surface area contributed by atoms with Gasteiger partial charge in [-0.3, -0.25) is 9.59 Å². The molecular formula is C12H21NO4. The van der Waals surface area contributed by atoms with E-state index < -0.39 is 17.3 Å². The van der Waals surface area contributed by atoms with Crippen molar-refractivity contribution in [1.82, 2.24) is 5.32 Å². The smallest absolute Gasteiger partial charge is 0.318 e. The lowest BCUT2D eigenvalue weighted by molar-refractivity contribution is -0.153. The number of carbonyl (C=O) groups excluding carboxylic acids is 1. The molecule has 2 N–H and O–H groups in total. The lowest BCUT2D eigenvalue weighted by Gasteiger charge is -2.30. The molecule has 17 heavy (non-hydrogen) atoms. The molecule has 0 aromatic rings. The number of nitrogens with one attached hydrogen (secondary N) is 1. The second-order valence-electron chi connectivity index (χ2n) is 5.14. The predicted octanol–water partition coefficient (Wildman–Crippen LogP) is 1.03. The van der Waals surface area contributed by atoms with E-state index in [4.69, 9.17) is 9.84 Å². The van der Waals surface area contributed by atoms with Crippen LogP contribution in [0.4, 0.5) is 0 Å². The molecule has 1 aliphatic heterocycles. The Bertz CT molecular complexity index is 295. The van der Waals surface area contributed by atoms with E-state index in [0.717, 1.165) is 12.8 Å². The first-order valence-electron chi connectivity index (χ1n) is 5.98. The number of carboxylic acid groups (broad SMARTS) is 1. The summed E-state index contributed by atoms with van der Waals surface area (Å²) in [4.78, 5) is 22.8. The first kappa shape index (κ1) is 14.0. The molecule has 1 fully saturated rings. The van der Waals surface area contributed by atoms with Crippen molar-refractivity contribution in [3.63, 3.8) is 0 Å². The number of rotatable bonds is 4. The molecule has 0 spiro atoms. The number of hydrogen-bond acceptors (Lipinski definition) is 3. The maximum absolute atomic E-state index is 11.8. The fourth-order valence-electron chi connectivity index (χ4n) is 1.82. The molecule has 1 aliphatic rings. The summed E-state index contributed by atoms with van der Waals surface area (Å²) in [6.07, 6.45) is 1.82. The zero-order valence-corrected chi connectivity index (χ0v) is 10.7. The van der Waals surface area contributed by atoms with Crippen LogP contribution in [0.15, 0.2) is 0 Å². The monoisotopic (exact) mass is 243 g/mol. The third-order valence-electron chi connectivity index (χ3n) is 3.43. The van der Waals surface area contributed by atoms with Crippen molar-refractivity contribution in [3.05, 3.63) is 0 Å². The molecule has 5 heteroatoms. The first-order chi connectivity index (χ1) is 7.85. The predicted molar refractivity (Wildman–Crippen MR) is 62.6 cm³/mol. The zero-order valence-electron chi connectivity index (χ0n) is 10.7. The average molecular weight is 243 g/mol. The van der Waals surface area contributed by atoms with Crippen LogP contribution in [-0.4, -0.2) is 36.2 Å². The lowest BCUT2D eigenvalue weighted by atomic mass is 9.89. The van der Waals surface area contributed by atoms with Crippen molar-refractivity contribution in [3.8, 4) is 0 Å². The van der Waals surface area contributed by atoms with Crippen LogP contribution in [-0.2, 0) is 14.3 Å². The molecule has 1 amide bonds. The van der Waals surface area contributed by atoms with E-state index in [1.165, 1.54) is 13.8 Å². The van der Waals surface area contributed by atoms with E-state index in [1.54, 1.807) is 0 Å². The van der Waals surface area contributed by atoms with Gasteiger partial charge < -0.3 is 15.2 Å². The summed E-state index contributed by atoms with van der Waals surface area (Å²) < 4.78 is 5.25. The van der Waals surface area contributed by atoms with Gasteiger partial charge in [0.15, 0.2) is 0 Å². The van der Waals surface area contributed by atoms with Crippen LogP contribution in [0.1, 0.15) is 33.6 Å². The molecule has 1 unspecified atom stereocenters. The number of carboxylic acids is 1. The summed E-state index contributed by atoms with van der Waals surface area (Å²) in [6.45, 7) is 6.19. The van der Waals surface area contributed by atoms with Crippen molar-refractivity contribution in [2.45, 2.75) is 39.7 Å². The van der Waals surface area contributed by atoms with Crippen molar-refractivity contribution >= 4 is 11.9 Å². The summed E-state index contributed by atoms with van der Waals surface area (Å²) in [6, 6.07) is -0.00924. The number of amides is 1. The van der Waals surface area contributed by atoms with Gasteiger partial charge in [0.1, 0.15) is 5.41 Å². The average Bonchev–Trinajstić information content (AvgIpc) is 2.29. The van der Waals surface area contributed by atoms with E-state index in [0.29, 0.717) is 19.1 Å². The molecule has 1 rings (SSSR count). The normalized spacial score (nSPS) is 19.7. The van der Waals surface area contributed by atoms with Gasteiger partial charge in [-0.15, -0.1) is 0 Å². The van der Waals surface area contributed by atoms with Gasteiger partial charge in [0, 0.05) is 19.3 Å². The van der Waals surface area contributed by atoms with Crippen LogP contribution in [0.25, 0.3) is 0 Å². The second-order valence-corrected chi connectivity index (χ2v) is 5.14. The van der Waals surface area contributed by atoms with Gasteiger partial charge in [-0.05, 0) is 39.5 Å². The summed E-state index contributed by atoms with van der Waals surface area (Å²) in [7, 11) is 0. The Kier molecular flexibility index (Phi) is 4.51. The minimum absolute atomic E-state index is 0.00924. The van der Waals surface area contributed by atoms with Crippen molar-refractivity contribution in [1.29, 1.82) is 0 Å². The Labute approximate surface area is 102 Å². The molecule has 0 aromatic carbocycles. The SMILES string of the molecule is CC(NC(=O)C(C)(C)C(=O)O)C1CCOCC1. The number of hydrogen-bond donors (Lipinski definition) is 2. The molecule has 0 aliphatic carbocycles. The van der Waals surface area contributed by atoms with Crippen LogP contribution in [0, 0.1) is 11.3 Å². The van der Waals surface area contributed by atoms with Gasteiger partial charge in [-0.25, -0.2) is 0 Å². The fraction of sp³-hybridized carbons (Fsp3) is 0.833. The Balaban J connectivity index is 2.53. The topological polar surface area (TPSA) is 75.6 Å². The fourth-order valence-corrected chi connectivity index (χ4v) is 1.82. The van der Waals surface area contributed by atoms with E-state index in [9.17, 15) is 9.59 Å². The standard InChI is InChI=1S/C12H21NO4/c1-8(9-4-6-17-7-5-9)13-10(14)12(2,3)11(15)16/h8-9H,4-7H2,1-3H3,(H,13,14)(H,15,16). The van der Waals surface area contributed by atoms with E-state index in [2.05, 4.69) is 5.32 Å². The van der Waals surface area contributed by atoms with Gasteiger partial charge in [0.2, 0.25) is 5.91 Å². The molecule has 0 radical (unpaired) electrons. The maximum Gasteiger partial charge on any atom is 0.318 e. The van der Waals surface area contributed by atoms with Gasteiger partial charge >= 0.3 is 5.97 Å². The lowest BCUT2D eigenvalue weighted by Crippen LogP contribution is -2.48. The minimum Gasteiger partial charge on any atom is -0.480 e. The van der Waals surface area contributed by atoms with Crippen LogP contribution < -0.4 is 5.32 Å². The van der Waals surface area contributed by atoms with E-state index in [-0.39, 0.29) is 6.04 Å². The van der Waals surface area contributed by atoms with Crippen molar-refractivity contribution in [2.24, 2.45) is 11.3 Å². The molecule has 5 nitrogen and oxygen atoms in total. The van der Waals surface area contributed by atoms with Crippen molar-refractivity contribution < 1.29 is 19.4 Å². The molecule has 98 valence electrons. The van der Waals surface area contributed by atoms with Crippen LogP contribution in [0.2, 0.25) is 0 Å². The summed E-state index contributed by atoms with van der Waals surface area (Å²) in [5, 5.41) is 11.7. The van der Waals surface area contributed by atoms with Crippen LogP contribution in [0.5, 0.6) is 0 Å². The quantitative estimate of drug-likeness (QED) is 0.723. The van der Waals surface area contributed by atoms with Crippen LogP contribution >= 0.6 is 0 Å². The highest BCUT2D eigenvalue weighted by molar-refractivity contribution is 6.01. The highest BCUT2D eigenvalue weighted by Crippen LogP contribution is 2.21. The Morgan fingerprint density at radius 2 is 1.88 bits per heavy atom. The Morgan fingerprint density at radius 3 is 2.35 bits per heavy atom. The van der Waals surface area contributed by atoms with Gasteiger partial charge in [0.25, 0.3) is 0 Å². The molecule has 0 saturated carbocycles. The summed E-state index contributed by atoms with van der Waals surface area (Å²) >= 11 is 0. The maximum atomic E-state index is 11.8. The van der Waals surface area contributed by atoms with Gasteiger partial charge in [-0.2, -0.15) is 0 Å². The number of aliphatic carboxylic acids is 1. The highest BCUT2D eigenvalue weighted by Gasteiger charge is 2.37. The van der Waals surface area contributed by atoms with E-state index >= 15 is 0 Å². The second kappa shape index (κ2) is 5.49. The molecule has 1 saturated heterocycles. The molecule has 1 heterocycles. The van der Waals surface area contributed by atoms with Gasteiger partial charge in [0.05, 0.1) is 0 Å². The van der Waals surface area contributed by atoms with Gasteiger partial charge in [-0.1, -0.05) is 0 Å². The Hall–Kier alpha value is -1.10.